The average molecular weight is 142 g/mol. The van der Waals surface area contributed by atoms with E-state index in [2.05, 4.69) is 0 Å². The number of aliphatic hydroxyl groups excluding tert-OH is 1. The third-order valence-corrected chi connectivity index (χ3v) is 1.38. The van der Waals surface area contributed by atoms with Gasteiger partial charge in [-0.1, -0.05) is 18.7 Å². The predicted molar refractivity (Wildman–Crippen MR) is 30.2 cm³/mol. The van der Waals surface area contributed by atoms with Gasteiger partial charge in [-0.25, -0.2) is 0 Å². The molecule has 0 aliphatic carbocycles. The molecule has 4 heteroatoms. The van der Waals surface area contributed by atoms with Gasteiger partial charge in [0.2, 0.25) is 0 Å². The highest BCUT2D eigenvalue weighted by Crippen LogP contribution is 2.27. The normalized spacial score (nSPS) is 12.0. The second kappa shape index (κ2) is 3.25. The van der Waals surface area contributed by atoms with Gasteiger partial charge < -0.3 is 5.11 Å². The fourth-order valence-electron chi connectivity index (χ4n) is 0.257. The van der Waals surface area contributed by atoms with Crippen molar-refractivity contribution in [2.45, 2.75) is 12.2 Å². The Labute approximate surface area is 51.1 Å². The van der Waals surface area contributed by atoms with Crippen molar-refractivity contribution in [1.82, 2.24) is 0 Å². The number of hydrogen-bond acceptors (Lipinski definition) is 2. The van der Waals surface area contributed by atoms with Crippen LogP contribution in [0.1, 0.15) is 6.92 Å². The number of halogens is 2. The SMILES string of the molecule is CCSC(F)(F)CO. The number of hydrogen-bond donors (Lipinski definition) is 1. The molecule has 0 rings (SSSR count). The van der Waals surface area contributed by atoms with E-state index in [-0.39, 0.29) is 0 Å². The van der Waals surface area contributed by atoms with Crippen LogP contribution in [0, 0.1) is 0 Å². The van der Waals surface area contributed by atoms with Crippen LogP contribution in [-0.2, 0) is 0 Å². The van der Waals surface area contributed by atoms with Gasteiger partial charge in [0.05, 0.1) is 0 Å². The van der Waals surface area contributed by atoms with E-state index in [1.54, 1.807) is 6.92 Å². The van der Waals surface area contributed by atoms with Crippen LogP contribution in [0.4, 0.5) is 8.78 Å². The summed E-state index contributed by atoms with van der Waals surface area (Å²) in [4.78, 5) is 0. The van der Waals surface area contributed by atoms with E-state index >= 15 is 0 Å². The molecule has 1 nitrogen and oxygen atoms in total. The van der Waals surface area contributed by atoms with E-state index in [0.29, 0.717) is 17.5 Å². The van der Waals surface area contributed by atoms with Crippen LogP contribution in [0.3, 0.4) is 0 Å². The van der Waals surface area contributed by atoms with Gasteiger partial charge in [0.1, 0.15) is 6.61 Å². The quantitative estimate of drug-likeness (QED) is 0.641. The molecule has 0 aromatic carbocycles. The lowest BCUT2D eigenvalue weighted by molar-refractivity contribution is 0.0363. The van der Waals surface area contributed by atoms with Gasteiger partial charge in [0.25, 0.3) is 0 Å². The molecule has 0 aliphatic rings. The third kappa shape index (κ3) is 3.21. The van der Waals surface area contributed by atoms with Gasteiger partial charge in [-0.3, -0.25) is 0 Å². The highest BCUT2D eigenvalue weighted by Gasteiger charge is 2.26. The van der Waals surface area contributed by atoms with Crippen molar-refractivity contribution >= 4 is 11.8 Å². The molecule has 0 spiro atoms. The summed E-state index contributed by atoms with van der Waals surface area (Å²) in [5.41, 5.74) is 0. The summed E-state index contributed by atoms with van der Waals surface area (Å²) < 4.78 is 23.7. The van der Waals surface area contributed by atoms with Crippen molar-refractivity contribution in [3.8, 4) is 0 Å². The lowest BCUT2D eigenvalue weighted by atomic mass is 10.8. The van der Waals surface area contributed by atoms with Crippen molar-refractivity contribution in [3.63, 3.8) is 0 Å². The monoisotopic (exact) mass is 142 g/mol. The molecule has 0 aromatic heterocycles. The highest BCUT2D eigenvalue weighted by atomic mass is 32.2. The molecule has 0 amide bonds. The van der Waals surface area contributed by atoms with E-state index in [9.17, 15) is 8.78 Å². The third-order valence-electron chi connectivity index (χ3n) is 0.540. The van der Waals surface area contributed by atoms with Crippen molar-refractivity contribution in [2.24, 2.45) is 0 Å². The summed E-state index contributed by atoms with van der Waals surface area (Å²) in [6.07, 6.45) is 0. The Morgan fingerprint density at radius 3 is 2.25 bits per heavy atom. The molecular weight excluding hydrogens is 134 g/mol. The number of alkyl halides is 2. The number of aliphatic hydroxyl groups is 1. The summed E-state index contributed by atoms with van der Waals surface area (Å²) in [6, 6.07) is 0. The minimum atomic E-state index is -2.94. The molecule has 0 radical (unpaired) electrons. The van der Waals surface area contributed by atoms with E-state index < -0.39 is 11.9 Å². The van der Waals surface area contributed by atoms with E-state index in [1.165, 1.54) is 0 Å². The first-order valence-electron chi connectivity index (χ1n) is 2.25. The Morgan fingerprint density at radius 2 is 2.12 bits per heavy atom. The summed E-state index contributed by atoms with van der Waals surface area (Å²) in [7, 11) is 0. The molecule has 0 aromatic rings. The van der Waals surface area contributed by atoms with Gasteiger partial charge in [0.15, 0.2) is 0 Å². The molecule has 8 heavy (non-hydrogen) atoms. The van der Waals surface area contributed by atoms with Crippen LogP contribution in [-0.4, -0.2) is 22.7 Å². The molecule has 0 fully saturated rings. The predicted octanol–water partition coefficient (Wildman–Crippen LogP) is 1.32. The molecular formula is C4H8F2OS. The summed E-state index contributed by atoms with van der Waals surface area (Å²) in [5, 5.41) is 5.02. The lowest BCUT2D eigenvalue weighted by Gasteiger charge is -2.09. The van der Waals surface area contributed by atoms with Crippen molar-refractivity contribution in [1.29, 1.82) is 0 Å². The van der Waals surface area contributed by atoms with Crippen molar-refractivity contribution in [2.75, 3.05) is 12.4 Å². The molecule has 0 unspecified atom stereocenters. The zero-order valence-corrected chi connectivity index (χ0v) is 5.34. The van der Waals surface area contributed by atoms with Crippen molar-refractivity contribution in [3.05, 3.63) is 0 Å². The van der Waals surface area contributed by atoms with E-state index in [0.717, 1.165) is 0 Å². The minimum Gasteiger partial charge on any atom is -0.389 e. The fourth-order valence-corrected chi connectivity index (χ4v) is 0.770. The Kier molecular flexibility index (Phi) is 3.31. The van der Waals surface area contributed by atoms with Gasteiger partial charge in [0, 0.05) is 0 Å². The Morgan fingerprint density at radius 1 is 1.62 bits per heavy atom. The number of thioether (sulfide) groups is 1. The maximum absolute atomic E-state index is 11.9. The zero-order chi connectivity index (χ0) is 6.62. The second-order valence-electron chi connectivity index (χ2n) is 1.23. The van der Waals surface area contributed by atoms with Crippen molar-refractivity contribution < 1.29 is 13.9 Å². The topological polar surface area (TPSA) is 20.2 Å². The van der Waals surface area contributed by atoms with Crippen LogP contribution in [0.15, 0.2) is 0 Å². The smallest absolute Gasteiger partial charge is 0.316 e. The zero-order valence-electron chi connectivity index (χ0n) is 4.53. The first-order valence-corrected chi connectivity index (χ1v) is 3.23. The number of rotatable bonds is 3. The lowest BCUT2D eigenvalue weighted by Crippen LogP contribution is -2.15. The summed E-state index contributed by atoms with van der Waals surface area (Å²) in [6.45, 7) is 0.555. The standard InChI is InChI=1S/C4H8F2OS/c1-2-8-4(5,6)3-7/h7H,2-3H2,1H3. The Balaban J connectivity index is 3.37. The van der Waals surface area contributed by atoms with Crippen LogP contribution in [0.5, 0.6) is 0 Å². The Bertz CT molecular complexity index is 67.1. The second-order valence-corrected chi connectivity index (χ2v) is 2.69. The largest absolute Gasteiger partial charge is 0.389 e. The van der Waals surface area contributed by atoms with Gasteiger partial charge >= 0.3 is 5.25 Å². The van der Waals surface area contributed by atoms with Crippen LogP contribution in [0.2, 0.25) is 0 Å². The molecule has 0 saturated carbocycles. The Hall–Kier alpha value is 0.170. The molecule has 1 N–H and O–H groups in total. The first-order chi connectivity index (χ1) is 3.62. The first kappa shape index (κ1) is 8.17. The highest BCUT2D eigenvalue weighted by molar-refractivity contribution is 8.00. The van der Waals surface area contributed by atoms with Gasteiger partial charge in [-0.15, -0.1) is 0 Å². The summed E-state index contributed by atoms with van der Waals surface area (Å²) in [5.74, 6) is 0.327. The maximum Gasteiger partial charge on any atom is 0.316 e. The molecule has 0 saturated heterocycles. The van der Waals surface area contributed by atoms with Gasteiger partial charge in [-0.05, 0) is 5.75 Å². The van der Waals surface area contributed by atoms with Crippen LogP contribution in [0.25, 0.3) is 0 Å². The summed E-state index contributed by atoms with van der Waals surface area (Å²) >= 11 is 0.450. The van der Waals surface area contributed by atoms with E-state index in [1.807, 2.05) is 0 Å². The average Bonchev–Trinajstić information content (AvgIpc) is 1.67. The molecule has 50 valence electrons. The molecule has 0 atom stereocenters. The molecule has 0 heterocycles. The van der Waals surface area contributed by atoms with Gasteiger partial charge in [-0.2, -0.15) is 8.78 Å². The van der Waals surface area contributed by atoms with Crippen LogP contribution >= 0.6 is 11.8 Å². The van der Waals surface area contributed by atoms with E-state index in [4.69, 9.17) is 5.11 Å². The molecule has 0 aliphatic heterocycles. The maximum atomic E-state index is 11.9. The molecule has 0 bridgehead atoms. The minimum absolute atomic E-state index is 0.327. The van der Waals surface area contributed by atoms with Crippen LogP contribution < -0.4 is 0 Å². The fraction of sp³-hybridized carbons (Fsp3) is 1.00.